The molecule has 1 N–H and O–H groups in total. The van der Waals surface area contributed by atoms with Crippen LogP contribution < -0.4 is 10.2 Å². The van der Waals surface area contributed by atoms with E-state index in [2.05, 4.69) is 133 Å². The van der Waals surface area contributed by atoms with Crippen molar-refractivity contribution in [3.05, 3.63) is 126 Å². The van der Waals surface area contributed by atoms with Crippen LogP contribution in [0.4, 0.5) is 17.1 Å². The Labute approximate surface area is 220 Å². The summed E-state index contributed by atoms with van der Waals surface area (Å²) in [6, 6.07) is 39.3. The molecular formula is C35H26N2O. The summed E-state index contributed by atoms with van der Waals surface area (Å²) in [5, 5.41) is 11.2. The van der Waals surface area contributed by atoms with Crippen molar-refractivity contribution in [3.8, 4) is 0 Å². The van der Waals surface area contributed by atoms with Crippen molar-refractivity contribution in [2.75, 3.05) is 10.2 Å². The van der Waals surface area contributed by atoms with Gasteiger partial charge in [-0.15, -0.1) is 0 Å². The maximum absolute atomic E-state index is 6.64. The number of nitrogens with one attached hydrogen (secondary N) is 1. The fraction of sp³-hybridized carbons (Fsp3) is 0.0857. The van der Waals surface area contributed by atoms with Gasteiger partial charge in [0.15, 0.2) is 0 Å². The third-order valence-electron chi connectivity index (χ3n) is 8.01. The quantitative estimate of drug-likeness (QED) is 0.261. The summed E-state index contributed by atoms with van der Waals surface area (Å²) < 4.78 is 6.64. The number of rotatable bonds is 2. The molecule has 3 nitrogen and oxygen atoms in total. The Morgan fingerprint density at radius 1 is 0.658 bits per heavy atom. The second kappa shape index (κ2) is 7.87. The van der Waals surface area contributed by atoms with Gasteiger partial charge >= 0.3 is 0 Å². The Hall–Kier alpha value is -4.76. The third-order valence-corrected chi connectivity index (χ3v) is 8.01. The molecule has 1 atom stereocenters. The molecule has 0 saturated carbocycles. The highest BCUT2D eigenvalue weighted by molar-refractivity contribution is 6.09. The van der Waals surface area contributed by atoms with Gasteiger partial charge in [-0.2, -0.15) is 0 Å². The summed E-state index contributed by atoms with van der Waals surface area (Å²) in [6.07, 6.45) is -0.127. The summed E-state index contributed by atoms with van der Waals surface area (Å²) in [7, 11) is 0. The normalized spacial score (nSPS) is 15.0. The van der Waals surface area contributed by atoms with Crippen molar-refractivity contribution in [1.82, 2.24) is 0 Å². The van der Waals surface area contributed by atoms with E-state index in [1.54, 1.807) is 0 Å². The fourth-order valence-corrected chi connectivity index (χ4v) is 6.19. The number of nitrogens with zero attached hydrogens (tertiary/aromatic N) is 1. The van der Waals surface area contributed by atoms with Crippen molar-refractivity contribution in [1.29, 1.82) is 0 Å². The SMILES string of the molecule is Cc1ccc2c(c1)oc1c(C3Nc4cc5ccccc5cc4N3c3cccc4ccccc34)ccc(C)c12. The van der Waals surface area contributed by atoms with Gasteiger partial charge in [0, 0.05) is 21.7 Å². The number of hydrogen-bond donors (Lipinski definition) is 1. The zero-order chi connectivity index (χ0) is 25.4. The van der Waals surface area contributed by atoms with Gasteiger partial charge in [-0.1, -0.05) is 84.9 Å². The Morgan fingerprint density at radius 2 is 1.42 bits per heavy atom. The fourth-order valence-electron chi connectivity index (χ4n) is 6.19. The molecule has 0 radical (unpaired) electrons. The van der Waals surface area contributed by atoms with E-state index in [0.29, 0.717) is 0 Å². The number of fused-ring (bicyclic) bond motifs is 6. The number of benzene rings is 6. The lowest BCUT2D eigenvalue weighted by molar-refractivity contribution is 0.655. The molecule has 0 aliphatic carbocycles. The highest BCUT2D eigenvalue weighted by Gasteiger charge is 2.34. The molecule has 2 heterocycles. The first-order valence-corrected chi connectivity index (χ1v) is 13.1. The maximum atomic E-state index is 6.64. The second-order valence-corrected chi connectivity index (χ2v) is 10.4. The molecule has 0 bridgehead atoms. The molecule has 1 unspecified atom stereocenters. The highest BCUT2D eigenvalue weighted by atomic mass is 16.3. The standard InChI is InChI=1S/C35H26N2O/c1-21-14-16-27-32(18-21)38-34-28(17-15-22(2)33(27)34)35-36-29-19-24-9-3-4-10-25(24)20-31(29)37(35)30-13-7-11-23-8-5-6-12-26(23)30/h3-20,35-36H,1-2H3. The van der Waals surface area contributed by atoms with E-state index >= 15 is 0 Å². The first-order valence-electron chi connectivity index (χ1n) is 13.1. The summed E-state index contributed by atoms with van der Waals surface area (Å²) in [5.41, 5.74) is 8.92. The molecule has 182 valence electrons. The van der Waals surface area contributed by atoms with Crippen LogP contribution in [0.15, 0.2) is 114 Å². The van der Waals surface area contributed by atoms with Gasteiger partial charge in [-0.05, 0) is 65.4 Å². The molecule has 7 aromatic rings. The molecule has 1 aromatic heterocycles. The van der Waals surface area contributed by atoms with Gasteiger partial charge in [-0.25, -0.2) is 0 Å². The minimum atomic E-state index is -0.127. The van der Waals surface area contributed by atoms with Gasteiger partial charge in [0.05, 0.1) is 17.1 Å². The van der Waals surface area contributed by atoms with Crippen LogP contribution in [0.5, 0.6) is 0 Å². The molecule has 0 saturated heterocycles. The Balaban J connectivity index is 1.43. The topological polar surface area (TPSA) is 28.4 Å². The van der Waals surface area contributed by atoms with Crippen LogP contribution in [0.2, 0.25) is 0 Å². The molecule has 6 aromatic carbocycles. The lowest BCUT2D eigenvalue weighted by Crippen LogP contribution is -2.23. The smallest absolute Gasteiger partial charge is 0.142 e. The number of anilines is 3. The lowest BCUT2D eigenvalue weighted by atomic mass is 10.0. The number of furan rings is 1. The monoisotopic (exact) mass is 490 g/mol. The summed E-state index contributed by atoms with van der Waals surface area (Å²) in [5.74, 6) is 0. The molecule has 38 heavy (non-hydrogen) atoms. The average molecular weight is 491 g/mol. The van der Waals surface area contributed by atoms with Crippen LogP contribution in [-0.4, -0.2) is 0 Å². The maximum Gasteiger partial charge on any atom is 0.142 e. The zero-order valence-corrected chi connectivity index (χ0v) is 21.3. The van der Waals surface area contributed by atoms with E-state index < -0.39 is 0 Å². The van der Waals surface area contributed by atoms with Crippen molar-refractivity contribution in [2.45, 2.75) is 20.0 Å². The summed E-state index contributed by atoms with van der Waals surface area (Å²) in [6.45, 7) is 4.29. The lowest BCUT2D eigenvalue weighted by Gasteiger charge is -2.29. The first kappa shape index (κ1) is 21.3. The van der Waals surface area contributed by atoms with Crippen LogP contribution in [0.25, 0.3) is 43.5 Å². The highest BCUT2D eigenvalue weighted by Crippen LogP contribution is 2.51. The van der Waals surface area contributed by atoms with Crippen LogP contribution in [0.3, 0.4) is 0 Å². The van der Waals surface area contributed by atoms with E-state index in [-0.39, 0.29) is 6.17 Å². The van der Waals surface area contributed by atoms with Crippen LogP contribution in [0, 0.1) is 13.8 Å². The first-order chi connectivity index (χ1) is 18.7. The van der Waals surface area contributed by atoms with E-state index in [4.69, 9.17) is 4.42 Å². The van der Waals surface area contributed by atoms with Gasteiger partial charge in [0.1, 0.15) is 17.3 Å². The third kappa shape index (κ3) is 3.02. The average Bonchev–Trinajstić information content (AvgIpc) is 3.50. The van der Waals surface area contributed by atoms with Crippen molar-refractivity contribution < 1.29 is 4.42 Å². The van der Waals surface area contributed by atoms with Gasteiger partial charge < -0.3 is 14.6 Å². The predicted molar refractivity (Wildman–Crippen MR) is 160 cm³/mol. The van der Waals surface area contributed by atoms with Crippen molar-refractivity contribution in [2.24, 2.45) is 0 Å². The van der Waals surface area contributed by atoms with Crippen LogP contribution in [-0.2, 0) is 0 Å². The molecule has 1 aliphatic heterocycles. The number of aryl methyl sites for hydroxylation is 2. The molecule has 1 aliphatic rings. The largest absolute Gasteiger partial charge is 0.456 e. The Bertz CT molecular complexity index is 2050. The van der Waals surface area contributed by atoms with E-state index in [0.717, 1.165) is 22.4 Å². The molecule has 8 rings (SSSR count). The Kier molecular flexibility index (Phi) is 4.42. The zero-order valence-electron chi connectivity index (χ0n) is 21.3. The van der Waals surface area contributed by atoms with Crippen LogP contribution in [0.1, 0.15) is 22.9 Å². The summed E-state index contributed by atoms with van der Waals surface area (Å²) in [4.78, 5) is 2.45. The van der Waals surface area contributed by atoms with E-state index in [9.17, 15) is 0 Å². The molecule has 0 fully saturated rings. The minimum absolute atomic E-state index is 0.127. The second-order valence-electron chi connectivity index (χ2n) is 10.4. The number of hydrogen-bond acceptors (Lipinski definition) is 3. The van der Waals surface area contributed by atoms with Crippen molar-refractivity contribution in [3.63, 3.8) is 0 Å². The van der Waals surface area contributed by atoms with Crippen molar-refractivity contribution >= 4 is 60.5 Å². The molecule has 0 amide bonds. The van der Waals surface area contributed by atoms with Crippen LogP contribution >= 0.6 is 0 Å². The predicted octanol–water partition coefficient (Wildman–Crippen LogP) is 9.77. The summed E-state index contributed by atoms with van der Waals surface area (Å²) >= 11 is 0. The van der Waals surface area contributed by atoms with E-state index in [1.807, 2.05) is 0 Å². The minimum Gasteiger partial charge on any atom is -0.456 e. The Morgan fingerprint density at radius 3 is 2.29 bits per heavy atom. The molecule has 3 heteroatoms. The van der Waals surface area contributed by atoms with Gasteiger partial charge in [0.2, 0.25) is 0 Å². The van der Waals surface area contributed by atoms with Gasteiger partial charge in [-0.3, -0.25) is 0 Å². The van der Waals surface area contributed by atoms with Gasteiger partial charge in [0.25, 0.3) is 0 Å². The molecular weight excluding hydrogens is 464 g/mol. The van der Waals surface area contributed by atoms with E-state index in [1.165, 1.54) is 54.8 Å². The molecule has 0 spiro atoms.